The van der Waals surface area contributed by atoms with E-state index in [0.717, 1.165) is 11.1 Å². The van der Waals surface area contributed by atoms with E-state index in [4.69, 9.17) is 4.74 Å². The Bertz CT molecular complexity index is 1230. The van der Waals surface area contributed by atoms with Crippen LogP contribution in [0.1, 0.15) is 43.0 Å². The molecule has 0 aromatic heterocycles. The molecule has 2 bridgehead atoms. The average Bonchev–Trinajstić information content (AvgIpc) is 3.39. The third kappa shape index (κ3) is 3.53. The van der Waals surface area contributed by atoms with Crippen molar-refractivity contribution in [2.24, 2.45) is 17.8 Å². The van der Waals surface area contributed by atoms with Gasteiger partial charge in [0, 0.05) is 12.7 Å². The monoisotopic (exact) mass is 505 g/mol. The van der Waals surface area contributed by atoms with E-state index in [-0.39, 0.29) is 30.2 Å². The zero-order chi connectivity index (χ0) is 26.7. The lowest BCUT2D eigenvalue weighted by Crippen LogP contribution is -2.55. The molecule has 3 unspecified atom stereocenters. The van der Waals surface area contributed by atoms with E-state index < -0.39 is 35.1 Å². The number of ether oxygens (including phenoxy) is 1. The summed E-state index contributed by atoms with van der Waals surface area (Å²) < 4.78 is 6.72. The van der Waals surface area contributed by atoms with Gasteiger partial charge in [-0.15, -0.1) is 0 Å². The van der Waals surface area contributed by atoms with Gasteiger partial charge in [0.1, 0.15) is 11.6 Å². The van der Waals surface area contributed by atoms with Crippen molar-refractivity contribution < 1.29 is 24.2 Å². The number of hydrogen-bond donors (Lipinski definition) is 3. The summed E-state index contributed by atoms with van der Waals surface area (Å²) in [5.41, 5.74) is 1.14. The van der Waals surface area contributed by atoms with E-state index in [9.17, 15) is 19.5 Å². The standard InChI is InChI=1S/C29H35N3O5/c1-16-10-9-11-17(2)23(16)31-26(35)24-29-14-18(3)28(4,37-29)21(25(34)30-5)22(29)27(36)32(24)20(15-33)19-12-7-6-8-13-19/h6-13,18,20-22,24,33H,14-15H2,1-5H3,(H,30,34)(H,31,35)/t18?,20-,21-,22+,24?,28+,29?/m1/s1. The lowest BCUT2D eigenvalue weighted by Gasteiger charge is -2.37. The van der Waals surface area contributed by atoms with Gasteiger partial charge in [-0.1, -0.05) is 55.5 Å². The van der Waals surface area contributed by atoms with Gasteiger partial charge in [0.2, 0.25) is 17.7 Å². The molecular weight excluding hydrogens is 470 g/mol. The summed E-state index contributed by atoms with van der Waals surface area (Å²) in [6, 6.07) is 13.2. The molecule has 0 aliphatic carbocycles. The van der Waals surface area contributed by atoms with Crippen LogP contribution in [0.5, 0.6) is 0 Å². The molecule has 3 fully saturated rings. The average molecular weight is 506 g/mol. The third-order valence-corrected chi connectivity index (χ3v) is 8.95. The molecule has 1 spiro atoms. The SMILES string of the molecule is CNC(=O)[C@H]1[C@H]2C(=O)N([C@H](CO)c3ccccc3)C(C(=O)Nc3c(C)cccc3C)C23CC(C)[C@]1(C)O3. The lowest BCUT2D eigenvalue weighted by molar-refractivity contribution is -0.149. The Morgan fingerprint density at radius 3 is 2.35 bits per heavy atom. The molecule has 3 aliphatic rings. The fourth-order valence-corrected chi connectivity index (χ4v) is 7.10. The molecule has 7 atom stereocenters. The molecule has 8 nitrogen and oxygen atoms in total. The maximum Gasteiger partial charge on any atom is 0.250 e. The Hall–Kier alpha value is -3.23. The molecule has 8 heteroatoms. The molecule has 3 heterocycles. The van der Waals surface area contributed by atoms with Crippen LogP contribution < -0.4 is 10.6 Å². The van der Waals surface area contributed by atoms with Gasteiger partial charge in [-0.05, 0) is 49.8 Å². The van der Waals surface area contributed by atoms with Crippen molar-refractivity contribution >= 4 is 23.4 Å². The number of aliphatic hydroxyl groups excluding tert-OH is 1. The fourth-order valence-electron chi connectivity index (χ4n) is 7.10. The highest BCUT2D eigenvalue weighted by Crippen LogP contribution is 2.66. The van der Waals surface area contributed by atoms with Crippen molar-refractivity contribution in [3.63, 3.8) is 0 Å². The maximum atomic E-state index is 14.3. The van der Waals surface area contributed by atoms with Gasteiger partial charge in [-0.2, -0.15) is 0 Å². The van der Waals surface area contributed by atoms with E-state index in [0.29, 0.717) is 17.7 Å². The van der Waals surface area contributed by atoms with Crippen LogP contribution in [0, 0.1) is 31.6 Å². The highest BCUT2D eigenvalue weighted by atomic mass is 16.5. The number of likely N-dealkylation sites (tertiary alicyclic amines) is 1. The van der Waals surface area contributed by atoms with Crippen LogP contribution in [0.2, 0.25) is 0 Å². The largest absolute Gasteiger partial charge is 0.394 e. The van der Waals surface area contributed by atoms with E-state index in [1.54, 1.807) is 7.05 Å². The van der Waals surface area contributed by atoms with Gasteiger partial charge in [0.05, 0.1) is 30.1 Å². The molecule has 0 saturated carbocycles. The molecule has 3 N–H and O–H groups in total. The van der Waals surface area contributed by atoms with Crippen molar-refractivity contribution in [2.75, 3.05) is 19.0 Å². The van der Waals surface area contributed by atoms with Crippen LogP contribution >= 0.6 is 0 Å². The molecule has 37 heavy (non-hydrogen) atoms. The number of nitrogens with zero attached hydrogens (tertiary/aromatic N) is 1. The van der Waals surface area contributed by atoms with Gasteiger partial charge in [0.25, 0.3) is 0 Å². The van der Waals surface area contributed by atoms with Crippen LogP contribution in [0.25, 0.3) is 0 Å². The number of rotatable bonds is 6. The number of aryl methyl sites for hydroxylation is 2. The molecule has 2 aromatic rings. The third-order valence-electron chi connectivity index (χ3n) is 8.95. The minimum Gasteiger partial charge on any atom is -0.394 e. The smallest absolute Gasteiger partial charge is 0.250 e. The number of aliphatic hydroxyl groups is 1. The predicted molar refractivity (Wildman–Crippen MR) is 138 cm³/mol. The zero-order valence-corrected chi connectivity index (χ0v) is 21.9. The van der Waals surface area contributed by atoms with Crippen molar-refractivity contribution in [3.05, 3.63) is 65.2 Å². The lowest BCUT2D eigenvalue weighted by atomic mass is 9.62. The van der Waals surface area contributed by atoms with Gasteiger partial charge < -0.3 is 25.4 Å². The Labute approximate surface area is 217 Å². The number of carbonyl (C=O) groups is 3. The van der Waals surface area contributed by atoms with Crippen LogP contribution in [0.3, 0.4) is 0 Å². The molecular formula is C29H35N3O5. The summed E-state index contributed by atoms with van der Waals surface area (Å²) in [5, 5.41) is 16.3. The Kier molecular flexibility index (Phi) is 6.15. The summed E-state index contributed by atoms with van der Waals surface area (Å²) in [5.74, 6) is -2.63. The second kappa shape index (κ2) is 8.96. The second-order valence-electron chi connectivity index (χ2n) is 10.9. The van der Waals surface area contributed by atoms with Gasteiger partial charge >= 0.3 is 0 Å². The first kappa shape index (κ1) is 25.4. The molecule has 0 radical (unpaired) electrons. The first-order valence-corrected chi connectivity index (χ1v) is 12.9. The first-order chi connectivity index (χ1) is 17.6. The van der Waals surface area contributed by atoms with Crippen molar-refractivity contribution in [3.8, 4) is 0 Å². The Balaban J connectivity index is 1.66. The van der Waals surface area contributed by atoms with E-state index >= 15 is 0 Å². The van der Waals surface area contributed by atoms with E-state index in [1.807, 2.05) is 76.2 Å². The summed E-state index contributed by atoms with van der Waals surface area (Å²) >= 11 is 0. The number of anilines is 1. The summed E-state index contributed by atoms with van der Waals surface area (Å²) in [4.78, 5) is 43.2. The minimum absolute atomic E-state index is 0.0569. The first-order valence-electron chi connectivity index (χ1n) is 12.9. The Morgan fingerprint density at radius 2 is 1.76 bits per heavy atom. The molecule has 2 aromatic carbocycles. The number of hydrogen-bond acceptors (Lipinski definition) is 5. The number of amides is 3. The summed E-state index contributed by atoms with van der Waals surface area (Å²) in [6.45, 7) is 7.36. The van der Waals surface area contributed by atoms with Gasteiger partial charge in [0.15, 0.2) is 0 Å². The van der Waals surface area contributed by atoms with E-state index in [1.165, 1.54) is 4.90 Å². The number of para-hydroxylation sites is 1. The second-order valence-corrected chi connectivity index (χ2v) is 10.9. The quantitative estimate of drug-likeness (QED) is 0.560. The summed E-state index contributed by atoms with van der Waals surface area (Å²) in [7, 11) is 1.55. The molecule has 3 amide bonds. The van der Waals surface area contributed by atoms with Crippen LogP contribution in [-0.4, -0.2) is 58.6 Å². The minimum atomic E-state index is -1.19. The normalized spacial score (nSPS) is 32.8. The van der Waals surface area contributed by atoms with Crippen LogP contribution in [0.4, 0.5) is 5.69 Å². The zero-order valence-electron chi connectivity index (χ0n) is 21.9. The number of carbonyl (C=O) groups excluding carboxylic acids is 3. The maximum absolute atomic E-state index is 14.3. The van der Waals surface area contributed by atoms with E-state index in [2.05, 4.69) is 10.6 Å². The Morgan fingerprint density at radius 1 is 1.11 bits per heavy atom. The highest BCUT2D eigenvalue weighted by molar-refractivity contribution is 6.04. The van der Waals surface area contributed by atoms with Crippen molar-refractivity contribution in [1.82, 2.24) is 10.2 Å². The predicted octanol–water partition coefficient (Wildman–Crippen LogP) is 2.73. The van der Waals surface area contributed by atoms with Crippen molar-refractivity contribution in [2.45, 2.75) is 57.4 Å². The van der Waals surface area contributed by atoms with Crippen LogP contribution in [-0.2, 0) is 19.1 Å². The number of fused-ring (bicyclic) bond motifs is 1. The molecule has 3 aliphatic heterocycles. The van der Waals surface area contributed by atoms with Gasteiger partial charge in [-0.3, -0.25) is 14.4 Å². The fraction of sp³-hybridized carbons (Fsp3) is 0.483. The van der Waals surface area contributed by atoms with Crippen LogP contribution in [0.15, 0.2) is 48.5 Å². The van der Waals surface area contributed by atoms with Gasteiger partial charge in [-0.25, -0.2) is 0 Å². The van der Waals surface area contributed by atoms with Crippen molar-refractivity contribution in [1.29, 1.82) is 0 Å². The number of nitrogens with one attached hydrogen (secondary N) is 2. The molecule has 5 rings (SSSR count). The number of benzene rings is 2. The molecule has 3 saturated heterocycles. The molecule has 196 valence electrons. The topological polar surface area (TPSA) is 108 Å². The highest BCUT2D eigenvalue weighted by Gasteiger charge is 2.80. The summed E-state index contributed by atoms with van der Waals surface area (Å²) in [6.07, 6.45) is 0.460.